The number of ether oxygens (including phenoxy) is 1. The number of hydrogen-bond donors (Lipinski definition) is 1. The summed E-state index contributed by atoms with van der Waals surface area (Å²) in [4.78, 5) is 26.7. The predicted molar refractivity (Wildman–Crippen MR) is 114 cm³/mol. The van der Waals surface area contributed by atoms with Gasteiger partial charge in [0, 0.05) is 37.7 Å². The van der Waals surface area contributed by atoms with Crippen LogP contribution in [0.1, 0.15) is 18.5 Å². The molecule has 0 saturated carbocycles. The molecule has 5 rings (SSSR count). The van der Waals surface area contributed by atoms with Crippen LogP contribution in [0.15, 0.2) is 43.1 Å². The highest BCUT2D eigenvalue weighted by Gasteiger charge is 2.32. The van der Waals surface area contributed by atoms with Crippen LogP contribution in [0.5, 0.6) is 5.75 Å². The van der Waals surface area contributed by atoms with E-state index in [4.69, 9.17) is 4.74 Å². The van der Waals surface area contributed by atoms with E-state index in [9.17, 15) is 0 Å². The van der Waals surface area contributed by atoms with Crippen LogP contribution < -0.4 is 19.9 Å². The Morgan fingerprint density at radius 1 is 0.967 bits per heavy atom. The zero-order chi connectivity index (χ0) is 20.3. The molecule has 154 valence electrons. The molecule has 9 nitrogen and oxygen atoms in total. The molecule has 2 aliphatic heterocycles. The standard InChI is InChI=1S/C21H24N8O/c1-15-17(4-2-7-22-15)27-19-18-20(26-14-25-19)29(12-13-30-18)16-5-10-28(11-6-16)21-23-8-3-9-24-21/h2-4,7-9,14,16H,5-6,10-13H2,1H3,(H,25,26,27). The van der Waals surface area contributed by atoms with Crippen LogP contribution in [0.25, 0.3) is 0 Å². The van der Waals surface area contributed by atoms with Crippen molar-refractivity contribution < 1.29 is 4.74 Å². The lowest BCUT2D eigenvalue weighted by molar-refractivity contribution is 0.290. The molecule has 3 aromatic heterocycles. The number of piperidine rings is 1. The smallest absolute Gasteiger partial charge is 0.225 e. The van der Waals surface area contributed by atoms with Gasteiger partial charge in [-0.25, -0.2) is 19.9 Å². The minimum absolute atomic E-state index is 0.399. The fourth-order valence-electron chi connectivity index (χ4n) is 4.07. The average Bonchev–Trinajstić information content (AvgIpc) is 2.81. The molecule has 9 heteroatoms. The Bertz CT molecular complexity index is 1010. The lowest BCUT2D eigenvalue weighted by Crippen LogP contribution is -2.48. The minimum atomic E-state index is 0.399. The Balaban J connectivity index is 1.34. The Morgan fingerprint density at radius 3 is 2.57 bits per heavy atom. The number of nitrogens with zero attached hydrogens (tertiary/aromatic N) is 7. The highest BCUT2D eigenvalue weighted by atomic mass is 16.5. The molecule has 0 unspecified atom stereocenters. The van der Waals surface area contributed by atoms with Gasteiger partial charge in [0.2, 0.25) is 11.7 Å². The fourth-order valence-corrected chi connectivity index (χ4v) is 4.07. The van der Waals surface area contributed by atoms with E-state index in [1.807, 2.05) is 25.1 Å². The van der Waals surface area contributed by atoms with E-state index >= 15 is 0 Å². The Labute approximate surface area is 175 Å². The quantitative estimate of drug-likeness (QED) is 0.704. The van der Waals surface area contributed by atoms with Gasteiger partial charge in [0.1, 0.15) is 12.9 Å². The number of fused-ring (bicyclic) bond motifs is 1. The number of aryl methyl sites for hydroxylation is 1. The van der Waals surface area contributed by atoms with Gasteiger partial charge in [0.15, 0.2) is 11.6 Å². The fraction of sp³-hybridized carbons (Fsp3) is 0.381. The van der Waals surface area contributed by atoms with Crippen molar-refractivity contribution in [2.45, 2.75) is 25.8 Å². The normalized spacial score (nSPS) is 16.7. The first-order valence-corrected chi connectivity index (χ1v) is 10.2. The molecule has 30 heavy (non-hydrogen) atoms. The van der Waals surface area contributed by atoms with Gasteiger partial charge in [0.25, 0.3) is 0 Å². The summed E-state index contributed by atoms with van der Waals surface area (Å²) in [6.07, 6.45) is 9.00. The predicted octanol–water partition coefficient (Wildman–Crippen LogP) is 2.58. The molecule has 0 atom stereocenters. The molecule has 1 fully saturated rings. The third-order valence-electron chi connectivity index (χ3n) is 5.64. The summed E-state index contributed by atoms with van der Waals surface area (Å²) >= 11 is 0. The van der Waals surface area contributed by atoms with E-state index in [0.717, 1.165) is 55.6 Å². The lowest BCUT2D eigenvalue weighted by atomic mass is 10.0. The first-order chi connectivity index (χ1) is 14.8. The second kappa shape index (κ2) is 8.10. The first kappa shape index (κ1) is 18.5. The van der Waals surface area contributed by atoms with Crippen molar-refractivity contribution in [3.8, 4) is 5.75 Å². The van der Waals surface area contributed by atoms with Crippen molar-refractivity contribution in [2.24, 2.45) is 0 Å². The van der Waals surface area contributed by atoms with E-state index in [1.54, 1.807) is 24.9 Å². The molecule has 2 aliphatic rings. The van der Waals surface area contributed by atoms with Crippen LogP contribution >= 0.6 is 0 Å². The second-order valence-electron chi connectivity index (χ2n) is 7.45. The van der Waals surface area contributed by atoms with Gasteiger partial charge < -0.3 is 19.9 Å². The van der Waals surface area contributed by atoms with Gasteiger partial charge in [-0.2, -0.15) is 0 Å². The maximum Gasteiger partial charge on any atom is 0.225 e. The van der Waals surface area contributed by atoms with Crippen LogP contribution in [0.3, 0.4) is 0 Å². The van der Waals surface area contributed by atoms with Crippen molar-refractivity contribution in [3.63, 3.8) is 0 Å². The molecule has 0 spiro atoms. The van der Waals surface area contributed by atoms with Crippen LogP contribution in [-0.2, 0) is 0 Å². The summed E-state index contributed by atoms with van der Waals surface area (Å²) < 4.78 is 6.00. The van der Waals surface area contributed by atoms with E-state index < -0.39 is 0 Å². The second-order valence-corrected chi connectivity index (χ2v) is 7.45. The number of aromatic nitrogens is 5. The molecule has 0 amide bonds. The molecule has 0 aromatic carbocycles. The van der Waals surface area contributed by atoms with Gasteiger partial charge in [-0.3, -0.25) is 4.98 Å². The number of hydrogen-bond acceptors (Lipinski definition) is 9. The largest absolute Gasteiger partial charge is 0.485 e. The molecule has 3 aromatic rings. The molecule has 0 bridgehead atoms. The number of pyridine rings is 1. The van der Waals surface area contributed by atoms with Gasteiger partial charge >= 0.3 is 0 Å². The average molecular weight is 404 g/mol. The van der Waals surface area contributed by atoms with Crippen molar-refractivity contribution in [2.75, 3.05) is 41.4 Å². The topological polar surface area (TPSA) is 92.2 Å². The maximum absolute atomic E-state index is 6.00. The Morgan fingerprint density at radius 2 is 1.77 bits per heavy atom. The van der Waals surface area contributed by atoms with E-state index in [1.165, 1.54) is 0 Å². The third-order valence-corrected chi connectivity index (χ3v) is 5.64. The molecule has 0 aliphatic carbocycles. The summed E-state index contributed by atoms with van der Waals surface area (Å²) in [7, 11) is 0. The van der Waals surface area contributed by atoms with Crippen molar-refractivity contribution >= 4 is 23.3 Å². The SMILES string of the molecule is Cc1ncccc1Nc1ncnc2c1OCCN2C1CCN(c2ncccn2)CC1. The summed E-state index contributed by atoms with van der Waals surface area (Å²) in [6, 6.07) is 6.13. The van der Waals surface area contributed by atoms with Gasteiger partial charge in [-0.1, -0.05) is 0 Å². The molecule has 1 saturated heterocycles. The van der Waals surface area contributed by atoms with Crippen molar-refractivity contribution in [1.29, 1.82) is 0 Å². The number of rotatable bonds is 4. The first-order valence-electron chi connectivity index (χ1n) is 10.2. The van der Waals surface area contributed by atoms with Crippen LogP contribution in [0.2, 0.25) is 0 Å². The highest BCUT2D eigenvalue weighted by Crippen LogP contribution is 2.38. The van der Waals surface area contributed by atoms with Gasteiger partial charge in [0.05, 0.1) is 17.9 Å². The summed E-state index contributed by atoms with van der Waals surface area (Å²) in [5, 5.41) is 3.36. The van der Waals surface area contributed by atoms with Gasteiger partial charge in [-0.05, 0) is 38.0 Å². The Hall–Kier alpha value is -3.49. The molecule has 0 radical (unpaired) electrons. The van der Waals surface area contributed by atoms with E-state index in [2.05, 4.69) is 40.0 Å². The minimum Gasteiger partial charge on any atom is -0.485 e. The van der Waals surface area contributed by atoms with Crippen LogP contribution in [-0.4, -0.2) is 57.2 Å². The molecular weight excluding hydrogens is 380 g/mol. The van der Waals surface area contributed by atoms with Crippen molar-refractivity contribution in [3.05, 3.63) is 48.8 Å². The lowest BCUT2D eigenvalue weighted by Gasteiger charge is -2.41. The molecule has 5 heterocycles. The van der Waals surface area contributed by atoms with Crippen molar-refractivity contribution in [1.82, 2.24) is 24.9 Å². The van der Waals surface area contributed by atoms with E-state index in [0.29, 0.717) is 24.2 Å². The summed E-state index contributed by atoms with van der Waals surface area (Å²) in [6.45, 7) is 5.25. The van der Waals surface area contributed by atoms with Gasteiger partial charge in [-0.15, -0.1) is 0 Å². The summed E-state index contributed by atoms with van der Waals surface area (Å²) in [5.74, 6) is 3.05. The molecular formula is C21H24N8O. The number of anilines is 4. The van der Waals surface area contributed by atoms with Crippen LogP contribution in [0.4, 0.5) is 23.3 Å². The Kier molecular flexibility index (Phi) is 5.00. The number of nitrogens with one attached hydrogen (secondary N) is 1. The zero-order valence-corrected chi connectivity index (χ0v) is 16.9. The zero-order valence-electron chi connectivity index (χ0n) is 16.9. The van der Waals surface area contributed by atoms with Crippen LogP contribution in [0, 0.1) is 6.92 Å². The monoisotopic (exact) mass is 404 g/mol. The maximum atomic E-state index is 6.00. The third kappa shape index (κ3) is 3.58. The van der Waals surface area contributed by atoms with E-state index in [-0.39, 0.29) is 0 Å². The molecule has 1 N–H and O–H groups in total. The summed E-state index contributed by atoms with van der Waals surface area (Å²) in [5.41, 5.74) is 1.82. The highest BCUT2D eigenvalue weighted by molar-refractivity contribution is 5.71.